The molecule has 1 rings (SSSR count). The van der Waals surface area contributed by atoms with Gasteiger partial charge in [-0.2, -0.15) is 0 Å². The minimum atomic E-state index is -0.788. The van der Waals surface area contributed by atoms with Crippen molar-refractivity contribution in [3.63, 3.8) is 0 Å². The molecule has 0 atom stereocenters. The second-order valence-electron chi connectivity index (χ2n) is 3.19. The highest BCUT2D eigenvalue weighted by Gasteiger charge is 2.38. The summed E-state index contributed by atoms with van der Waals surface area (Å²) in [5.41, 5.74) is 4.96. The first-order valence-electron chi connectivity index (χ1n) is 3.82. The molecule has 1 amide bonds. The largest absolute Gasteiger partial charge is 0.317 e. The van der Waals surface area contributed by atoms with Gasteiger partial charge in [-0.1, -0.05) is 12.8 Å². The quantitative estimate of drug-likeness (QED) is 0.420. The SMILES string of the molecule is CN(O)C(=O)C1(N)CCCC1. The third-order valence-electron chi connectivity index (χ3n) is 2.22. The van der Waals surface area contributed by atoms with Crippen LogP contribution in [0.4, 0.5) is 0 Å². The van der Waals surface area contributed by atoms with Crippen molar-refractivity contribution >= 4 is 5.91 Å². The molecule has 1 aliphatic carbocycles. The van der Waals surface area contributed by atoms with Gasteiger partial charge in [0.15, 0.2) is 0 Å². The van der Waals surface area contributed by atoms with Crippen LogP contribution in [0, 0.1) is 0 Å². The third-order valence-corrected chi connectivity index (χ3v) is 2.22. The van der Waals surface area contributed by atoms with Crippen molar-refractivity contribution in [3.05, 3.63) is 0 Å². The molecule has 0 saturated heterocycles. The van der Waals surface area contributed by atoms with Crippen LogP contribution in [-0.4, -0.2) is 28.8 Å². The van der Waals surface area contributed by atoms with Gasteiger partial charge in [-0.25, -0.2) is 5.06 Å². The fraction of sp³-hybridized carbons (Fsp3) is 0.857. The minimum Gasteiger partial charge on any atom is -0.317 e. The number of hydrogen-bond donors (Lipinski definition) is 2. The maximum absolute atomic E-state index is 11.2. The zero-order valence-electron chi connectivity index (χ0n) is 6.71. The van der Waals surface area contributed by atoms with Crippen molar-refractivity contribution in [1.82, 2.24) is 5.06 Å². The van der Waals surface area contributed by atoms with E-state index in [4.69, 9.17) is 10.9 Å². The van der Waals surface area contributed by atoms with Gasteiger partial charge in [0.2, 0.25) is 0 Å². The third kappa shape index (κ3) is 1.52. The molecule has 4 nitrogen and oxygen atoms in total. The summed E-state index contributed by atoms with van der Waals surface area (Å²) in [5.74, 6) is -0.366. The number of carbonyl (C=O) groups excluding carboxylic acids is 1. The van der Waals surface area contributed by atoms with Crippen molar-refractivity contribution in [1.29, 1.82) is 0 Å². The zero-order valence-corrected chi connectivity index (χ0v) is 6.71. The van der Waals surface area contributed by atoms with Crippen molar-refractivity contribution in [2.24, 2.45) is 5.73 Å². The van der Waals surface area contributed by atoms with Gasteiger partial charge in [-0.15, -0.1) is 0 Å². The first kappa shape index (κ1) is 8.49. The van der Waals surface area contributed by atoms with Crippen LogP contribution in [0.3, 0.4) is 0 Å². The summed E-state index contributed by atoms with van der Waals surface area (Å²) >= 11 is 0. The maximum Gasteiger partial charge on any atom is 0.265 e. The lowest BCUT2D eigenvalue weighted by atomic mass is 9.98. The number of hydrogen-bond acceptors (Lipinski definition) is 3. The fourth-order valence-electron chi connectivity index (χ4n) is 1.54. The average Bonchev–Trinajstić information content (AvgIpc) is 2.35. The molecule has 1 aliphatic rings. The van der Waals surface area contributed by atoms with E-state index in [1.165, 1.54) is 7.05 Å². The van der Waals surface area contributed by atoms with Crippen LogP contribution in [0.1, 0.15) is 25.7 Å². The normalized spacial score (nSPS) is 21.7. The maximum atomic E-state index is 11.2. The van der Waals surface area contributed by atoms with Crippen molar-refractivity contribution in [2.45, 2.75) is 31.2 Å². The van der Waals surface area contributed by atoms with Gasteiger partial charge in [0.05, 0.1) is 5.54 Å². The standard InChI is InChI=1S/C7H14N2O2/c1-9(11)6(10)7(8)4-2-3-5-7/h11H,2-5,8H2,1H3. The molecule has 0 aromatic rings. The lowest BCUT2D eigenvalue weighted by Crippen LogP contribution is -2.51. The molecule has 0 radical (unpaired) electrons. The van der Waals surface area contributed by atoms with E-state index >= 15 is 0 Å². The molecule has 0 aliphatic heterocycles. The Labute approximate surface area is 65.9 Å². The molecule has 11 heavy (non-hydrogen) atoms. The Kier molecular flexibility index (Phi) is 2.15. The molecule has 0 aromatic heterocycles. The Hall–Kier alpha value is -0.610. The molecule has 0 bridgehead atoms. The van der Waals surface area contributed by atoms with E-state index in [9.17, 15) is 4.79 Å². The van der Waals surface area contributed by atoms with E-state index in [2.05, 4.69) is 0 Å². The number of hydroxylamine groups is 2. The second-order valence-corrected chi connectivity index (χ2v) is 3.19. The van der Waals surface area contributed by atoms with E-state index in [0.717, 1.165) is 12.8 Å². The summed E-state index contributed by atoms with van der Waals surface area (Å²) in [5, 5.41) is 9.44. The molecule has 1 saturated carbocycles. The first-order valence-corrected chi connectivity index (χ1v) is 3.82. The highest BCUT2D eigenvalue weighted by Crippen LogP contribution is 2.28. The molecular formula is C7H14N2O2. The monoisotopic (exact) mass is 158 g/mol. The number of rotatable bonds is 1. The molecule has 1 fully saturated rings. The molecule has 0 unspecified atom stereocenters. The first-order chi connectivity index (χ1) is 5.06. The van der Waals surface area contributed by atoms with Crippen LogP contribution in [0.2, 0.25) is 0 Å². The Balaban J connectivity index is 2.64. The second kappa shape index (κ2) is 2.79. The molecule has 0 aromatic carbocycles. The number of nitrogens with zero attached hydrogens (tertiary/aromatic N) is 1. The molecule has 0 spiro atoms. The Morgan fingerprint density at radius 2 is 2.00 bits per heavy atom. The molecular weight excluding hydrogens is 144 g/mol. The highest BCUT2D eigenvalue weighted by atomic mass is 16.5. The summed E-state index contributed by atoms with van der Waals surface area (Å²) in [7, 11) is 1.31. The van der Waals surface area contributed by atoms with Gasteiger partial charge >= 0.3 is 0 Å². The van der Waals surface area contributed by atoms with E-state index in [1.807, 2.05) is 0 Å². The van der Waals surface area contributed by atoms with Crippen LogP contribution in [-0.2, 0) is 4.79 Å². The Morgan fingerprint density at radius 1 is 1.55 bits per heavy atom. The molecule has 4 heteroatoms. The summed E-state index contributed by atoms with van der Waals surface area (Å²) in [6.45, 7) is 0. The topological polar surface area (TPSA) is 66.6 Å². The molecule has 64 valence electrons. The van der Waals surface area contributed by atoms with Crippen LogP contribution in [0.5, 0.6) is 0 Å². The van der Waals surface area contributed by atoms with Gasteiger partial charge in [-0.05, 0) is 12.8 Å². The van der Waals surface area contributed by atoms with Gasteiger partial charge in [0.1, 0.15) is 0 Å². The lowest BCUT2D eigenvalue weighted by molar-refractivity contribution is -0.165. The lowest BCUT2D eigenvalue weighted by Gasteiger charge is -2.24. The summed E-state index contributed by atoms with van der Waals surface area (Å²) in [4.78, 5) is 11.2. The summed E-state index contributed by atoms with van der Waals surface area (Å²) < 4.78 is 0. The number of likely N-dealkylation sites (N-methyl/N-ethyl adjacent to an activating group) is 1. The van der Waals surface area contributed by atoms with Gasteiger partial charge in [-0.3, -0.25) is 10.0 Å². The predicted octanol–water partition coefficient (Wildman–Crippen LogP) is 0.105. The number of carbonyl (C=O) groups is 1. The van der Waals surface area contributed by atoms with E-state index < -0.39 is 5.54 Å². The van der Waals surface area contributed by atoms with Crippen LogP contribution in [0.15, 0.2) is 0 Å². The summed E-state index contributed by atoms with van der Waals surface area (Å²) in [6, 6.07) is 0. The van der Waals surface area contributed by atoms with Crippen molar-refractivity contribution in [2.75, 3.05) is 7.05 Å². The Morgan fingerprint density at radius 3 is 2.36 bits per heavy atom. The van der Waals surface area contributed by atoms with Gasteiger partial charge in [0, 0.05) is 7.05 Å². The van der Waals surface area contributed by atoms with Crippen LogP contribution < -0.4 is 5.73 Å². The van der Waals surface area contributed by atoms with Gasteiger partial charge in [0.25, 0.3) is 5.91 Å². The van der Waals surface area contributed by atoms with Gasteiger partial charge < -0.3 is 5.73 Å². The minimum absolute atomic E-state index is 0.366. The van der Waals surface area contributed by atoms with E-state index in [-0.39, 0.29) is 5.91 Å². The van der Waals surface area contributed by atoms with Crippen molar-refractivity contribution < 1.29 is 10.0 Å². The van der Waals surface area contributed by atoms with Crippen LogP contribution in [0.25, 0.3) is 0 Å². The smallest absolute Gasteiger partial charge is 0.265 e. The number of nitrogens with two attached hydrogens (primary N) is 1. The number of amides is 1. The van der Waals surface area contributed by atoms with E-state index in [1.54, 1.807) is 0 Å². The Bertz CT molecular complexity index is 162. The highest BCUT2D eigenvalue weighted by molar-refractivity contribution is 5.85. The zero-order chi connectivity index (χ0) is 8.48. The fourth-order valence-corrected chi connectivity index (χ4v) is 1.54. The molecule has 3 N–H and O–H groups in total. The average molecular weight is 158 g/mol. The van der Waals surface area contributed by atoms with Crippen LogP contribution >= 0.6 is 0 Å². The van der Waals surface area contributed by atoms with E-state index in [0.29, 0.717) is 17.9 Å². The molecule has 0 heterocycles. The predicted molar refractivity (Wildman–Crippen MR) is 39.9 cm³/mol. The van der Waals surface area contributed by atoms with Crippen molar-refractivity contribution in [3.8, 4) is 0 Å². The summed E-state index contributed by atoms with van der Waals surface area (Å²) in [6.07, 6.45) is 3.35.